The van der Waals surface area contributed by atoms with Gasteiger partial charge in [-0.25, -0.2) is 9.97 Å². The first-order valence-electron chi connectivity index (χ1n) is 7.51. The zero-order valence-corrected chi connectivity index (χ0v) is 12.9. The summed E-state index contributed by atoms with van der Waals surface area (Å²) in [6.07, 6.45) is 8.35. The number of hydrogen-bond donors (Lipinski definition) is 1. The number of rotatable bonds is 7. The van der Waals surface area contributed by atoms with Gasteiger partial charge >= 0.3 is 0 Å². The molecule has 6 heteroatoms. The van der Waals surface area contributed by atoms with Crippen molar-refractivity contribution in [3.8, 4) is 0 Å². The predicted molar refractivity (Wildman–Crippen MR) is 83.9 cm³/mol. The molecular formula is C15H23N5O. The van der Waals surface area contributed by atoms with Crippen molar-refractivity contribution in [2.45, 2.75) is 25.8 Å². The second-order valence-corrected chi connectivity index (χ2v) is 5.62. The molecule has 0 aromatic carbocycles. The summed E-state index contributed by atoms with van der Waals surface area (Å²) in [4.78, 5) is 11.6. The van der Waals surface area contributed by atoms with Gasteiger partial charge in [-0.3, -0.25) is 0 Å². The Morgan fingerprint density at radius 3 is 3.00 bits per heavy atom. The number of nitrogens with one attached hydrogen (secondary N) is 1. The summed E-state index contributed by atoms with van der Waals surface area (Å²) < 4.78 is 7.30. The van der Waals surface area contributed by atoms with E-state index in [1.807, 2.05) is 30.0 Å². The molecule has 21 heavy (non-hydrogen) atoms. The molecule has 0 bridgehead atoms. The van der Waals surface area contributed by atoms with Crippen LogP contribution in [0.1, 0.15) is 19.8 Å². The standard InChI is InChI=1S/C15H23N5O/c1-11(12-4-5-12)20(8-9-21-3)15-14-17-6-7-19(14)10-13(16-2)18-15/h6-7,10-12,16H,4-5,8-9H2,1-3H3. The average Bonchev–Trinajstić information content (AvgIpc) is 3.24. The fourth-order valence-electron chi connectivity index (χ4n) is 2.75. The summed E-state index contributed by atoms with van der Waals surface area (Å²) in [5, 5.41) is 3.13. The topological polar surface area (TPSA) is 54.7 Å². The van der Waals surface area contributed by atoms with Crippen LogP contribution in [0, 0.1) is 5.92 Å². The van der Waals surface area contributed by atoms with Crippen molar-refractivity contribution in [1.82, 2.24) is 14.4 Å². The van der Waals surface area contributed by atoms with Crippen LogP contribution in [-0.4, -0.2) is 47.7 Å². The summed E-state index contributed by atoms with van der Waals surface area (Å²) >= 11 is 0. The Kier molecular flexibility index (Phi) is 3.96. The molecule has 2 aromatic heterocycles. The van der Waals surface area contributed by atoms with Crippen molar-refractivity contribution < 1.29 is 4.74 Å². The Bertz CT molecular complexity index is 607. The molecule has 0 radical (unpaired) electrons. The number of methoxy groups -OCH3 is 1. The molecule has 1 fully saturated rings. The number of imidazole rings is 1. The van der Waals surface area contributed by atoms with Crippen LogP contribution < -0.4 is 10.2 Å². The minimum Gasteiger partial charge on any atom is -0.383 e. The number of hydrogen-bond acceptors (Lipinski definition) is 5. The molecule has 1 unspecified atom stereocenters. The summed E-state index contributed by atoms with van der Waals surface area (Å²) in [6.45, 7) is 3.80. The average molecular weight is 289 g/mol. The lowest BCUT2D eigenvalue weighted by Crippen LogP contribution is -2.38. The Balaban J connectivity index is 2.01. The fraction of sp³-hybridized carbons (Fsp3) is 0.600. The van der Waals surface area contributed by atoms with Crippen LogP contribution >= 0.6 is 0 Å². The SMILES string of the molecule is CNc1cn2ccnc2c(N(CCOC)C(C)C2CC2)n1. The van der Waals surface area contributed by atoms with E-state index in [2.05, 4.69) is 22.1 Å². The Labute approximate surface area is 125 Å². The molecule has 0 saturated heterocycles. The minimum absolute atomic E-state index is 0.459. The maximum Gasteiger partial charge on any atom is 0.180 e. The van der Waals surface area contributed by atoms with Gasteiger partial charge in [-0.05, 0) is 25.7 Å². The quantitative estimate of drug-likeness (QED) is 0.845. The minimum atomic E-state index is 0.459. The molecule has 3 rings (SSSR count). The Morgan fingerprint density at radius 2 is 2.33 bits per heavy atom. The molecule has 114 valence electrons. The van der Waals surface area contributed by atoms with Gasteiger partial charge in [0, 0.05) is 39.1 Å². The zero-order valence-electron chi connectivity index (χ0n) is 12.9. The van der Waals surface area contributed by atoms with E-state index in [1.165, 1.54) is 12.8 Å². The molecule has 1 aliphatic rings. The van der Waals surface area contributed by atoms with Crippen molar-refractivity contribution >= 4 is 17.3 Å². The van der Waals surface area contributed by atoms with E-state index in [0.717, 1.165) is 29.7 Å². The summed E-state index contributed by atoms with van der Waals surface area (Å²) in [5.74, 6) is 2.54. The van der Waals surface area contributed by atoms with Gasteiger partial charge in [0.25, 0.3) is 0 Å². The van der Waals surface area contributed by atoms with E-state index < -0.39 is 0 Å². The highest BCUT2D eigenvalue weighted by molar-refractivity contribution is 5.67. The van der Waals surface area contributed by atoms with Gasteiger partial charge in [0.05, 0.1) is 12.8 Å². The van der Waals surface area contributed by atoms with Gasteiger partial charge in [0.2, 0.25) is 0 Å². The summed E-state index contributed by atoms with van der Waals surface area (Å²) in [5.41, 5.74) is 0.901. The molecule has 0 aliphatic heterocycles. The summed E-state index contributed by atoms with van der Waals surface area (Å²) in [6, 6.07) is 0.459. The van der Waals surface area contributed by atoms with Gasteiger partial charge in [0.1, 0.15) is 5.82 Å². The fourth-order valence-corrected chi connectivity index (χ4v) is 2.75. The lowest BCUT2D eigenvalue weighted by atomic mass is 10.2. The second kappa shape index (κ2) is 5.89. The zero-order chi connectivity index (χ0) is 14.8. The molecular weight excluding hydrogens is 266 g/mol. The van der Waals surface area contributed by atoms with Crippen molar-refractivity contribution in [3.63, 3.8) is 0 Å². The number of ether oxygens (including phenoxy) is 1. The Morgan fingerprint density at radius 1 is 1.52 bits per heavy atom. The molecule has 1 aliphatic carbocycles. The molecule has 2 heterocycles. The van der Waals surface area contributed by atoms with Crippen molar-refractivity contribution in [2.75, 3.05) is 37.5 Å². The first kappa shape index (κ1) is 14.1. The molecule has 1 saturated carbocycles. The van der Waals surface area contributed by atoms with Crippen LogP contribution in [0.15, 0.2) is 18.6 Å². The lowest BCUT2D eigenvalue weighted by Gasteiger charge is -2.30. The van der Waals surface area contributed by atoms with E-state index in [9.17, 15) is 0 Å². The Hall–Kier alpha value is -1.82. The first-order valence-corrected chi connectivity index (χ1v) is 7.51. The van der Waals surface area contributed by atoms with Gasteiger partial charge in [0.15, 0.2) is 11.5 Å². The normalized spacial score (nSPS) is 16.1. The molecule has 1 N–H and O–H groups in total. The molecule has 2 aromatic rings. The van der Waals surface area contributed by atoms with Crippen molar-refractivity contribution in [1.29, 1.82) is 0 Å². The monoisotopic (exact) mass is 289 g/mol. The van der Waals surface area contributed by atoms with Gasteiger partial charge in [-0.15, -0.1) is 0 Å². The van der Waals surface area contributed by atoms with Gasteiger partial charge in [-0.2, -0.15) is 0 Å². The maximum atomic E-state index is 5.28. The summed E-state index contributed by atoms with van der Waals surface area (Å²) in [7, 11) is 3.63. The molecule has 1 atom stereocenters. The van der Waals surface area contributed by atoms with E-state index in [-0.39, 0.29) is 0 Å². The van der Waals surface area contributed by atoms with Crippen LogP contribution in [0.4, 0.5) is 11.6 Å². The number of aromatic nitrogens is 3. The number of anilines is 2. The van der Waals surface area contributed by atoms with Crippen LogP contribution in [0.3, 0.4) is 0 Å². The van der Waals surface area contributed by atoms with Gasteiger partial charge < -0.3 is 19.4 Å². The third-order valence-electron chi connectivity index (χ3n) is 4.22. The smallest absolute Gasteiger partial charge is 0.180 e. The largest absolute Gasteiger partial charge is 0.383 e. The highest BCUT2D eigenvalue weighted by Gasteiger charge is 2.33. The van der Waals surface area contributed by atoms with Crippen LogP contribution in [-0.2, 0) is 4.74 Å². The third kappa shape index (κ3) is 2.81. The predicted octanol–water partition coefficient (Wildman–Crippen LogP) is 2.02. The van der Waals surface area contributed by atoms with Crippen molar-refractivity contribution in [3.05, 3.63) is 18.6 Å². The highest BCUT2D eigenvalue weighted by atomic mass is 16.5. The number of fused-ring (bicyclic) bond motifs is 1. The van der Waals surface area contributed by atoms with E-state index in [1.54, 1.807) is 7.11 Å². The second-order valence-electron chi connectivity index (χ2n) is 5.62. The number of nitrogens with zero attached hydrogens (tertiary/aromatic N) is 4. The highest BCUT2D eigenvalue weighted by Crippen LogP contribution is 2.37. The first-order chi connectivity index (χ1) is 10.2. The van der Waals surface area contributed by atoms with Crippen LogP contribution in [0.5, 0.6) is 0 Å². The molecule has 0 spiro atoms. The van der Waals surface area contributed by atoms with E-state index >= 15 is 0 Å². The van der Waals surface area contributed by atoms with E-state index in [4.69, 9.17) is 9.72 Å². The van der Waals surface area contributed by atoms with E-state index in [0.29, 0.717) is 12.6 Å². The molecule has 0 amide bonds. The van der Waals surface area contributed by atoms with Crippen molar-refractivity contribution in [2.24, 2.45) is 5.92 Å². The lowest BCUT2D eigenvalue weighted by molar-refractivity contribution is 0.202. The van der Waals surface area contributed by atoms with Crippen LogP contribution in [0.2, 0.25) is 0 Å². The third-order valence-corrected chi connectivity index (χ3v) is 4.22. The maximum absolute atomic E-state index is 5.28. The van der Waals surface area contributed by atoms with Gasteiger partial charge in [-0.1, -0.05) is 0 Å². The molecule has 6 nitrogen and oxygen atoms in total. The van der Waals surface area contributed by atoms with Crippen LogP contribution in [0.25, 0.3) is 5.65 Å².